The lowest BCUT2D eigenvalue weighted by atomic mass is 10.1. The summed E-state index contributed by atoms with van der Waals surface area (Å²) in [4.78, 5) is 32.4. The third-order valence-corrected chi connectivity index (χ3v) is 8.28. The number of nitrogens with zero attached hydrogens (tertiary/aromatic N) is 4. The molecule has 0 unspecified atom stereocenters. The lowest BCUT2D eigenvalue weighted by Gasteiger charge is -2.30. The van der Waals surface area contributed by atoms with Crippen LogP contribution in [-0.4, -0.2) is 67.3 Å². The topological polar surface area (TPSA) is 122 Å². The Bertz CT molecular complexity index is 1480. The zero-order chi connectivity index (χ0) is 25.4. The highest BCUT2D eigenvalue weighted by Gasteiger charge is 2.32. The number of morpholine rings is 1. The molecule has 2 saturated heterocycles. The quantitative estimate of drug-likeness (QED) is 0.492. The molecule has 2 aromatic heterocycles. The van der Waals surface area contributed by atoms with Gasteiger partial charge in [-0.25, -0.2) is 17.8 Å². The standard InChI is InChI=1S/C24H25FN4O6S/c25-17-5-2-16(3-6-17)4-7-20(30)21-22(31)24(32)28-15-18(27-9-11-35-12-10-27)14-19(23(28)26-21)29-8-1-13-36(29,33)34/h2-3,5-6,14-15,31H,1,4,7-13H2. The Morgan fingerprint density at radius 3 is 2.53 bits per heavy atom. The number of fused-ring (bicyclic) bond motifs is 1. The van der Waals surface area contributed by atoms with Crippen molar-refractivity contribution in [3.63, 3.8) is 0 Å². The van der Waals surface area contributed by atoms with Crippen molar-refractivity contribution in [2.24, 2.45) is 0 Å². The van der Waals surface area contributed by atoms with Gasteiger partial charge in [-0.2, -0.15) is 0 Å². The number of hydrogen-bond donors (Lipinski definition) is 1. The highest BCUT2D eigenvalue weighted by atomic mass is 32.2. The van der Waals surface area contributed by atoms with Crippen LogP contribution < -0.4 is 14.8 Å². The molecule has 2 aliphatic heterocycles. The molecule has 1 aromatic carbocycles. The number of ether oxygens (including phenoxy) is 1. The smallest absolute Gasteiger partial charge is 0.300 e. The van der Waals surface area contributed by atoms with Gasteiger partial charge < -0.3 is 14.7 Å². The van der Waals surface area contributed by atoms with Gasteiger partial charge in [-0.05, 0) is 36.6 Å². The molecule has 0 aliphatic carbocycles. The molecule has 0 saturated carbocycles. The maximum atomic E-state index is 13.2. The summed E-state index contributed by atoms with van der Waals surface area (Å²) in [7, 11) is -3.63. The summed E-state index contributed by atoms with van der Waals surface area (Å²) in [6.45, 7) is 2.28. The van der Waals surface area contributed by atoms with E-state index in [0.717, 1.165) is 4.40 Å². The van der Waals surface area contributed by atoms with Gasteiger partial charge in [0.25, 0.3) is 0 Å². The predicted molar refractivity (Wildman–Crippen MR) is 131 cm³/mol. The second kappa shape index (κ2) is 9.51. The van der Waals surface area contributed by atoms with Crippen LogP contribution in [0.2, 0.25) is 0 Å². The highest BCUT2D eigenvalue weighted by molar-refractivity contribution is 7.93. The largest absolute Gasteiger partial charge is 0.501 e. The van der Waals surface area contributed by atoms with E-state index in [1.807, 2.05) is 4.90 Å². The number of ketones is 1. The molecule has 4 heterocycles. The van der Waals surface area contributed by atoms with Crippen LogP contribution in [0.3, 0.4) is 0 Å². The fraction of sp³-hybridized carbons (Fsp3) is 0.375. The van der Waals surface area contributed by atoms with E-state index in [0.29, 0.717) is 44.0 Å². The Kier molecular flexibility index (Phi) is 6.39. The Morgan fingerprint density at radius 2 is 1.86 bits per heavy atom. The molecule has 2 fully saturated rings. The van der Waals surface area contributed by atoms with Crippen molar-refractivity contribution in [3.05, 3.63) is 64.0 Å². The molecule has 0 amide bonds. The second-order valence-corrected chi connectivity index (χ2v) is 10.8. The zero-order valence-electron chi connectivity index (χ0n) is 19.4. The summed E-state index contributed by atoms with van der Waals surface area (Å²) in [5, 5.41) is 10.6. The summed E-state index contributed by atoms with van der Waals surface area (Å²) in [6, 6.07) is 7.32. The number of aromatic nitrogens is 2. The lowest BCUT2D eigenvalue weighted by molar-refractivity contribution is 0.0975. The van der Waals surface area contributed by atoms with Gasteiger partial charge in [0.1, 0.15) is 5.82 Å². The summed E-state index contributed by atoms with van der Waals surface area (Å²) in [5.41, 5.74) is 0.172. The Labute approximate surface area is 206 Å². The highest BCUT2D eigenvalue weighted by Crippen LogP contribution is 2.32. The first-order chi connectivity index (χ1) is 17.2. The van der Waals surface area contributed by atoms with Gasteiger partial charge in [-0.15, -0.1) is 0 Å². The molecule has 12 heteroatoms. The number of carbonyl (C=O) groups is 1. The number of pyridine rings is 1. The number of rotatable bonds is 6. The average molecular weight is 517 g/mol. The Hall–Kier alpha value is -3.51. The number of anilines is 2. The minimum Gasteiger partial charge on any atom is -0.501 e. The van der Waals surface area contributed by atoms with Crippen molar-refractivity contribution in [1.82, 2.24) is 9.38 Å². The molecular weight excluding hydrogens is 491 g/mol. The molecule has 1 N–H and O–H groups in total. The molecule has 5 rings (SSSR count). The van der Waals surface area contributed by atoms with E-state index < -0.39 is 38.6 Å². The van der Waals surface area contributed by atoms with Gasteiger partial charge in [-0.1, -0.05) is 12.1 Å². The van der Waals surface area contributed by atoms with Crippen LogP contribution in [0.4, 0.5) is 15.8 Å². The molecule has 36 heavy (non-hydrogen) atoms. The van der Waals surface area contributed by atoms with E-state index in [2.05, 4.69) is 4.98 Å². The minimum atomic E-state index is -3.63. The first-order valence-electron chi connectivity index (χ1n) is 11.6. The van der Waals surface area contributed by atoms with Crippen LogP contribution in [0.15, 0.2) is 41.3 Å². The molecule has 0 spiro atoms. The van der Waals surface area contributed by atoms with E-state index in [4.69, 9.17) is 4.74 Å². The van der Waals surface area contributed by atoms with E-state index in [9.17, 15) is 27.5 Å². The van der Waals surface area contributed by atoms with Crippen molar-refractivity contribution in [2.45, 2.75) is 19.3 Å². The normalized spacial score (nSPS) is 17.6. The Balaban J connectivity index is 1.59. The van der Waals surface area contributed by atoms with E-state index >= 15 is 0 Å². The first kappa shape index (κ1) is 24.2. The van der Waals surface area contributed by atoms with E-state index in [1.54, 1.807) is 18.2 Å². The van der Waals surface area contributed by atoms with Gasteiger partial charge in [0, 0.05) is 32.3 Å². The van der Waals surface area contributed by atoms with Crippen molar-refractivity contribution in [1.29, 1.82) is 0 Å². The monoisotopic (exact) mass is 516 g/mol. The number of carbonyl (C=O) groups excluding carboxylic acids is 1. The van der Waals surface area contributed by atoms with Crippen LogP contribution in [0.25, 0.3) is 5.65 Å². The van der Waals surface area contributed by atoms with E-state index in [-0.39, 0.29) is 36.5 Å². The lowest BCUT2D eigenvalue weighted by Crippen LogP contribution is -2.37. The SMILES string of the molecule is O=C(CCc1ccc(F)cc1)c1nc2c(N3CCCS3(=O)=O)cc(N3CCOCC3)cn2c(=O)c1O. The average Bonchev–Trinajstić information content (AvgIpc) is 3.24. The molecule has 2 aliphatic rings. The molecule has 0 radical (unpaired) electrons. The van der Waals surface area contributed by atoms with Gasteiger partial charge in [0.15, 0.2) is 17.1 Å². The molecule has 0 bridgehead atoms. The summed E-state index contributed by atoms with van der Waals surface area (Å²) in [6.07, 6.45) is 2.09. The van der Waals surface area contributed by atoms with Crippen molar-refractivity contribution in [3.8, 4) is 5.75 Å². The van der Waals surface area contributed by atoms with Crippen LogP contribution in [0.1, 0.15) is 28.9 Å². The number of Topliss-reactive ketones (excluding diaryl/α,β-unsaturated/α-hetero) is 1. The maximum absolute atomic E-state index is 13.2. The number of sulfonamides is 1. The van der Waals surface area contributed by atoms with Crippen molar-refractivity contribution in [2.75, 3.05) is 47.8 Å². The van der Waals surface area contributed by atoms with Crippen molar-refractivity contribution < 1.29 is 27.4 Å². The molecular formula is C24H25FN4O6S. The van der Waals surface area contributed by atoms with Gasteiger partial charge in [0.05, 0.1) is 30.3 Å². The number of halogens is 1. The van der Waals surface area contributed by atoms with Crippen molar-refractivity contribution >= 4 is 32.8 Å². The molecule has 3 aromatic rings. The number of aryl methyl sites for hydroxylation is 1. The molecule has 190 valence electrons. The summed E-state index contributed by atoms with van der Waals surface area (Å²) in [5.74, 6) is -1.81. The molecule has 0 atom stereocenters. The van der Waals surface area contributed by atoms with Crippen LogP contribution in [0, 0.1) is 5.82 Å². The van der Waals surface area contributed by atoms with Gasteiger partial charge in [0.2, 0.25) is 15.8 Å². The third-order valence-electron chi connectivity index (χ3n) is 6.43. The summed E-state index contributed by atoms with van der Waals surface area (Å²) >= 11 is 0. The van der Waals surface area contributed by atoms with E-state index in [1.165, 1.54) is 22.6 Å². The fourth-order valence-electron chi connectivity index (χ4n) is 4.51. The third kappa shape index (κ3) is 4.53. The fourth-order valence-corrected chi connectivity index (χ4v) is 6.06. The minimum absolute atomic E-state index is 0.0228. The van der Waals surface area contributed by atoms with Crippen LogP contribution in [0.5, 0.6) is 5.75 Å². The summed E-state index contributed by atoms with van der Waals surface area (Å²) < 4.78 is 46.4. The molecule has 10 nitrogen and oxygen atoms in total. The maximum Gasteiger partial charge on any atom is 0.300 e. The van der Waals surface area contributed by atoms with Gasteiger partial charge >= 0.3 is 5.56 Å². The van der Waals surface area contributed by atoms with Gasteiger partial charge in [-0.3, -0.25) is 18.3 Å². The zero-order valence-corrected chi connectivity index (χ0v) is 20.2. The number of aromatic hydroxyl groups is 1. The second-order valence-electron chi connectivity index (χ2n) is 8.78. The first-order valence-corrected chi connectivity index (χ1v) is 13.3. The predicted octanol–water partition coefficient (Wildman–Crippen LogP) is 1.73. The van der Waals surface area contributed by atoms with Crippen LogP contribution in [-0.2, 0) is 21.2 Å². The Morgan fingerprint density at radius 1 is 1.14 bits per heavy atom. The number of hydrogen-bond acceptors (Lipinski definition) is 8. The van der Waals surface area contributed by atoms with Crippen LogP contribution >= 0.6 is 0 Å². The number of benzene rings is 1.